The van der Waals surface area contributed by atoms with Crippen LogP contribution >= 0.6 is 31.9 Å². The lowest BCUT2D eigenvalue weighted by molar-refractivity contribution is -0.0504. The average Bonchev–Trinajstić information content (AvgIpc) is 2.10. The topological polar surface area (TPSA) is 9.23 Å². The van der Waals surface area contributed by atoms with Gasteiger partial charge in [0.25, 0.3) is 0 Å². The number of halogens is 4. The van der Waals surface area contributed by atoms with Crippen molar-refractivity contribution in [1.29, 1.82) is 0 Å². The second-order valence-electron chi connectivity index (χ2n) is 2.57. The Labute approximate surface area is 97.7 Å². The highest BCUT2D eigenvalue weighted by Gasteiger charge is 2.12. The summed E-state index contributed by atoms with van der Waals surface area (Å²) in [6.07, 6.45) is 0.738. The van der Waals surface area contributed by atoms with Gasteiger partial charge in [-0.1, -0.05) is 22.9 Å². The molecular weight excluding hydrogens is 322 g/mol. The standard InChI is InChI=1S/C9H8Br2F2O/c1-2-5-6(10)3-4-7(8(5)11)14-9(12)13/h3-4,9H,2H2,1H3. The lowest BCUT2D eigenvalue weighted by atomic mass is 10.2. The minimum Gasteiger partial charge on any atom is -0.434 e. The van der Waals surface area contributed by atoms with Gasteiger partial charge in [-0.15, -0.1) is 0 Å². The highest BCUT2D eigenvalue weighted by Crippen LogP contribution is 2.34. The van der Waals surface area contributed by atoms with Crippen molar-refractivity contribution in [2.45, 2.75) is 20.0 Å². The minimum atomic E-state index is -2.79. The van der Waals surface area contributed by atoms with E-state index in [0.717, 1.165) is 16.5 Å². The first-order valence-electron chi connectivity index (χ1n) is 3.98. The predicted octanol–water partition coefficient (Wildman–Crippen LogP) is 4.38. The molecule has 1 aromatic rings. The summed E-state index contributed by atoms with van der Waals surface area (Å²) in [5.74, 6) is 0.167. The maximum Gasteiger partial charge on any atom is 0.387 e. The Hall–Kier alpha value is -0.160. The molecule has 1 rings (SSSR count). The van der Waals surface area contributed by atoms with Crippen molar-refractivity contribution in [3.63, 3.8) is 0 Å². The minimum absolute atomic E-state index is 0.167. The molecule has 0 unspecified atom stereocenters. The molecule has 0 saturated carbocycles. The van der Waals surface area contributed by atoms with Gasteiger partial charge in [-0.25, -0.2) is 0 Å². The third-order valence-corrected chi connectivity index (χ3v) is 3.33. The molecule has 0 heterocycles. The van der Waals surface area contributed by atoms with Crippen molar-refractivity contribution in [3.05, 3.63) is 26.6 Å². The van der Waals surface area contributed by atoms with Gasteiger partial charge in [-0.2, -0.15) is 8.78 Å². The Morgan fingerprint density at radius 3 is 2.50 bits per heavy atom. The van der Waals surface area contributed by atoms with Gasteiger partial charge in [0.05, 0.1) is 4.47 Å². The largest absolute Gasteiger partial charge is 0.434 e. The second kappa shape index (κ2) is 5.07. The van der Waals surface area contributed by atoms with Crippen molar-refractivity contribution in [2.24, 2.45) is 0 Å². The summed E-state index contributed by atoms with van der Waals surface area (Å²) in [7, 11) is 0. The first kappa shape index (κ1) is 11.9. The van der Waals surface area contributed by atoms with E-state index >= 15 is 0 Å². The van der Waals surface area contributed by atoms with Crippen LogP contribution in [0.3, 0.4) is 0 Å². The fourth-order valence-electron chi connectivity index (χ4n) is 1.09. The molecule has 0 fully saturated rings. The maximum atomic E-state index is 12.0. The molecular formula is C9H8Br2F2O. The van der Waals surface area contributed by atoms with E-state index in [0.29, 0.717) is 4.47 Å². The van der Waals surface area contributed by atoms with Crippen LogP contribution in [-0.4, -0.2) is 6.61 Å². The molecule has 0 atom stereocenters. The summed E-state index contributed by atoms with van der Waals surface area (Å²) in [5.41, 5.74) is 0.920. The zero-order valence-electron chi connectivity index (χ0n) is 7.36. The van der Waals surface area contributed by atoms with E-state index in [2.05, 4.69) is 36.6 Å². The molecule has 0 aliphatic carbocycles. The summed E-state index contributed by atoms with van der Waals surface area (Å²) >= 11 is 6.57. The molecule has 1 nitrogen and oxygen atoms in total. The van der Waals surface area contributed by atoms with Crippen LogP contribution in [0.2, 0.25) is 0 Å². The molecule has 0 amide bonds. The van der Waals surface area contributed by atoms with Crippen LogP contribution in [0.1, 0.15) is 12.5 Å². The van der Waals surface area contributed by atoms with Gasteiger partial charge < -0.3 is 4.74 Å². The van der Waals surface area contributed by atoms with Crippen molar-refractivity contribution < 1.29 is 13.5 Å². The lowest BCUT2D eigenvalue weighted by Gasteiger charge is -2.11. The van der Waals surface area contributed by atoms with Crippen molar-refractivity contribution >= 4 is 31.9 Å². The second-order valence-corrected chi connectivity index (χ2v) is 4.22. The van der Waals surface area contributed by atoms with Gasteiger partial charge in [0.1, 0.15) is 5.75 Å². The van der Waals surface area contributed by atoms with Crippen molar-refractivity contribution in [2.75, 3.05) is 0 Å². The molecule has 0 saturated heterocycles. The number of ether oxygens (including phenoxy) is 1. The third kappa shape index (κ3) is 2.67. The lowest BCUT2D eigenvalue weighted by Crippen LogP contribution is -2.03. The molecule has 78 valence electrons. The Morgan fingerprint density at radius 2 is 2.00 bits per heavy atom. The molecule has 0 bridgehead atoms. The van der Waals surface area contributed by atoms with Gasteiger partial charge in [0, 0.05) is 4.47 Å². The van der Waals surface area contributed by atoms with Crippen LogP contribution in [0.5, 0.6) is 5.75 Å². The Morgan fingerprint density at radius 1 is 1.36 bits per heavy atom. The van der Waals surface area contributed by atoms with Crippen LogP contribution < -0.4 is 4.74 Å². The summed E-state index contributed by atoms with van der Waals surface area (Å²) < 4.78 is 29.8. The molecule has 0 N–H and O–H groups in total. The smallest absolute Gasteiger partial charge is 0.387 e. The van der Waals surface area contributed by atoms with E-state index in [4.69, 9.17) is 0 Å². The van der Waals surface area contributed by atoms with E-state index in [1.54, 1.807) is 6.07 Å². The highest BCUT2D eigenvalue weighted by atomic mass is 79.9. The van der Waals surface area contributed by atoms with E-state index in [1.807, 2.05) is 6.92 Å². The normalized spacial score (nSPS) is 10.7. The fraction of sp³-hybridized carbons (Fsp3) is 0.333. The van der Waals surface area contributed by atoms with Crippen LogP contribution in [0.15, 0.2) is 21.1 Å². The van der Waals surface area contributed by atoms with Crippen molar-refractivity contribution in [3.8, 4) is 5.75 Å². The molecule has 5 heteroatoms. The zero-order valence-corrected chi connectivity index (χ0v) is 10.5. The number of hydrogen-bond acceptors (Lipinski definition) is 1. The molecule has 14 heavy (non-hydrogen) atoms. The number of rotatable bonds is 3. The predicted molar refractivity (Wildman–Crippen MR) is 57.9 cm³/mol. The first-order valence-corrected chi connectivity index (χ1v) is 5.56. The van der Waals surface area contributed by atoms with E-state index in [1.165, 1.54) is 6.07 Å². The monoisotopic (exact) mass is 328 g/mol. The third-order valence-electron chi connectivity index (χ3n) is 1.72. The van der Waals surface area contributed by atoms with Crippen LogP contribution in [0, 0.1) is 0 Å². The van der Waals surface area contributed by atoms with Crippen LogP contribution in [0.4, 0.5) is 8.78 Å². The molecule has 0 aliphatic rings. The van der Waals surface area contributed by atoms with Gasteiger partial charge in [0.15, 0.2) is 0 Å². The number of hydrogen-bond donors (Lipinski definition) is 0. The number of benzene rings is 1. The zero-order chi connectivity index (χ0) is 10.7. The van der Waals surface area contributed by atoms with Gasteiger partial charge in [0.2, 0.25) is 0 Å². The molecule has 0 radical (unpaired) electrons. The Kier molecular flexibility index (Phi) is 4.31. The van der Waals surface area contributed by atoms with E-state index in [9.17, 15) is 8.78 Å². The van der Waals surface area contributed by atoms with Crippen LogP contribution in [-0.2, 0) is 6.42 Å². The summed E-state index contributed by atoms with van der Waals surface area (Å²) in [4.78, 5) is 0. The van der Waals surface area contributed by atoms with E-state index < -0.39 is 6.61 Å². The number of alkyl halides is 2. The first-order chi connectivity index (χ1) is 6.56. The van der Waals surface area contributed by atoms with Crippen LogP contribution in [0.25, 0.3) is 0 Å². The molecule has 0 spiro atoms. The molecule has 0 aliphatic heterocycles. The fourth-order valence-corrected chi connectivity index (χ4v) is 2.68. The maximum absolute atomic E-state index is 12.0. The Bertz CT molecular complexity index is 329. The quantitative estimate of drug-likeness (QED) is 0.799. The van der Waals surface area contributed by atoms with Gasteiger partial charge in [-0.3, -0.25) is 0 Å². The Balaban J connectivity index is 3.08. The average molecular weight is 330 g/mol. The summed E-state index contributed by atoms with van der Waals surface area (Å²) in [5, 5.41) is 0. The summed E-state index contributed by atoms with van der Waals surface area (Å²) in [6.45, 7) is -0.853. The summed E-state index contributed by atoms with van der Waals surface area (Å²) in [6, 6.07) is 3.20. The van der Waals surface area contributed by atoms with Gasteiger partial charge in [-0.05, 0) is 40.0 Å². The molecule has 0 aromatic heterocycles. The molecule has 1 aromatic carbocycles. The highest BCUT2D eigenvalue weighted by molar-refractivity contribution is 9.11. The SMILES string of the molecule is CCc1c(Br)ccc(OC(F)F)c1Br. The van der Waals surface area contributed by atoms with E-state index in [-0.39, 0.29) is 5.75 Å². The van der Waals surface area contributed by atoms with Gasteiger partial charge >= 0.3 is 6.61 Å². The van der Waals surface area contributed by atoms with Crippen molar-refractivity contribution in [1.82, 2.24) is 0 Å².